The number of carbonyl (C=O) groups excluding carboxylic acids is 1. The minimum Gasteiger partial charge on any atom is -0.440 e. The maximum Gasteiger partial charge on any atom is 0.343 e. The van der Waals surface area contributed by atoms with E-state index >= 15 is 0 Å². The number of urea groups is 1. The zero-order valence-electron chi connectivity index (χ0n) is 17.3. The van der Waals surface area contributed by atoms with Crippen LogP contribution in [0.4, 0.5) is 4.79 Å². The SMILES string of the molecule is Cc1ccc(-c2oc(C3CCN(C(=O)N(C)O)CC3)nc2C2=CC=C(Cl)CC2)cc1. The Balaban J connectivity index is 1.63. The Morgan fingerprint density at radius 1 is 1.20 bits per heavy atom. The third-order valence-corrected chi connectivity index (χ3v) is 6.07. The summed E-state index contributed by atoms with van der Waals surface area (Å²) in [5, 5.41) is 10.9. The minimum atomic E-state index is -0.377. The summed E-state index contributed by atoms with van der Waals surface area (Å²) in [4.78, 5) is 18.6. The van der Waals surface area contributed by atoms with Gasteiger partial charge in [-0.1, -0.05) is 47.5 Å². The highest BCUT2D eigenvalue weighted by molar-refractivity contribution is 6.29. The lowest BCUT2D eigenvalue weighted by molar-refractivity contribution is -0.0358. The van der Waals surface area contributed by atoms with E-state index < -0.39 is 0 Å². The zero-order chi connectivity index (χ0) is 21.3. The Labute approximate surface area is 181 Å². The Morgan fingerprint density at radius 3 is 2.50 bits per heavy atom. The van der Waals surface area contributed by atoms with Gasteiger partial charge in [-0.3, -0.25) is 5.21 Å². The van der Waals surface area contributed by atoms with Crippen LogP contribution in [0.2, 0.25) is 0 Å². The van der Waals surface area contributed by atoms with E-state index in [2.05, 4.69) is 31.2 Å². The summed E-state index contributed by atoms with van der Waals surface area (Å²) in [7, 11) is 1.35. The van der Waals surface area contributed by atoms with E-state index in [0.29, 0.717) is 24.0 Å². The molecule has 2 aromatic rings. The molecule has 1 aliphatic carbocycles. The van der Waals surface area contributed by atoms with Crippen LogP contribution in [0.1, 0.15) is 48.7 Å². The Morgan fingerprint density at radius 2 is 1.90 bits per heavy atom. The van der Waals surface area contributed by atoms with Crippen LogP contribution in [-0.2, 0) is 0 Å². The molecule has 1 aliphatic heterocycles. The molecule has 158 valence electrons. The van der Waals surface area contributed by atoms with E-state index in [4.69, 9.17) is 21.0 Å². The third-order valence-electron chi connectivity index (χ3n) is 5.75. The molecule has 1 aromatic heterocycles. The number of amides is 2. The van der Waals surface area contributed by atoms with Gasteiger partial charge in [0.15, 0.2) is 11.7 Å². The molecule has 30 heavy (non-hydrogen) atoms. The smallest absolute Gasteiger partial charge is 0.343 e. The van der Waals surface area contributed by atoms with Crippen molar-refractivity contribution in [3.05, 3.63) is 58.6 Å². The monoisotopic (exact) mass is 427 g/mol. The molecule has 2 amide bonds. The summed E-state index contributed by atoms with van der Waals surface area (Å²) in [5.41, 5.74) is 4.20. The number of piperidine rings is 1. The lowest BCUT2D eigenvalue weighted by atomic mass is 9.96. The van der Waals surface area contributed by atoms with E-state index in [-0.39, 0.29) is 11.9 Å². The van der Waals surface area contributed by atoms with Crippen LogP contribution in [-0.4, -0.2) is 46.3 Å². The van der Waals surface area contributed by atoms with Crippen molar-refractivity contribution in [2.75, 3.05) is 20.1 Å². The molecule has 7 heteroatoms. The number of rotatable bonds is 3. The highest BCUT2D eigenvalue weighted by atomic mass is 35.5. The quantitative estimate of drug-likeness (QED) is 0.513. The van der Waals surface area contributed by atoms with Crippen LogP contribution >= 0.6 is 11.6 Å². The molecule has 0 radical (unpaired) electrons. The molecular weight excluding hydrogens is 402 g/mol. The first-order chi connectivity index (χ1) is 14.4. The fourth-order valence-corrected chi connectivity index (χ4v) is 4.12. The summed E-state index contributed by atoms with van der Waals surface area (Å²) >= 11 is 6.15. The molecule has 0 spiro atoms. The van der Waals surface area contributed by atoms with E-state index in [1.807, 2.05) is 12.2 Å². The number of oxazole rings is 1. The highest BCUT2D eigenvalue weighted by Crippen LogP contribution is 2.38. The van der Waals surface area contributed by atoms with Crippen molar-refractivity contribution in [2.24, 2.45) is 0 Å². The Hall–Kier alpha value is -2.57. The van der Waals surface area contributed by atoms with Gasteiger partial charge in [-0.2, -0.15) is 0 Å². The number of halogens is 1. The van der Waals surface area contributed by atoms with Gasteiger partial charge >= 0.3 is 6.03 Å². The van der Waals surface area contributed by atoms with Gasteiger partial charge in [0.2, 0.25) is 0 Å². The van der Waals surface area contributed by atoms with Crippen LogP contribution in [0.15, 0.2) is 45.9 Å². The molecule has 0 bridgehead atoms. The second kappa shape index (κ2) is 8.66. The lowest BCUT2D eigenvalue weighted by Gasteiger charge is -2.31. The second-order valence-corrected chi connectivity index (χ2v) is 8.45. The van der Waals surface area contributed by atoms with E-state index in [0.717, 1.165) is 53.3 Å². The van der Waals surface area contributed by atoms with Crippen molar-refractivity contribution in [3.63, 3.8) is 0 Å². The Kier molecular flexibility index (Phi) is 5.97. The second-order valence-electron chi connectivity index (χ2n) is 7.97. The van der Waals surface area contributed by atoms with Gasteiger partial charge in [-0.25, -0.2) is 14.8 Å². The molecule has 4 rings (SSSR count). The number of allylic oxidation sites excluding steroid dienone is 4. The predicted molar refractivity (Wildman–Crippen MR) is 116 cm³/mol. The highest BCUT2D eigenvalue weighted by Gasteiger charge is 2.30. The molecule has 1 saturated heterocycles. The van der Waals surface area contributed by atoms with E-state index in [1.54, 1.807) is 4.90 Å². The topological polar surface area (TPSA) is 69.8 Å². The van der Waals surface area contributed by atoms with Gasteiger partial charge in [0.25, 0.3) is 0 Å². The van der Waals surface area contributed by atoms with E-state index in [1.165, 1.54) is 12.6 Å². The number of aromatic nitrogens is 1. The van der Waals surface area contributed by atoms with Crippen molar-refractivity contribution in [1.82, 2.24) is 14.9 Å². The molecule has 0 saturated carbocycles. The van der Waals surface area contributed by atoms with Crippen molar-refractivity contribution in [1.29, 1.82) is 0 Å². The number of hydroxylamine groups is 2. The molecule has 1 N–H and O–H groups in total. The lowest BCUT2D eigenvalue weighted by Crippen LogP contribution is -2.43. The van der Waals surface area contributed by atoms with Crippen LogP contribution in [0.3, 0.4) is 0 Å². The summed E-state index contributed by atoms with van der Waals surface area (Å²) in [6.45, 7) is 3.19. The average molecular weight is 428 g/mol. The van der Waals surface area contributed by atoms with Gasteiger partial charge < -0.3 is 9.32 Å². The number of hydrogen-bond acceptors (Lipinski definition) is 4. The van der Waals surface area contributed by atoms with Crippen molar-refractivity contribution in [3.8, 4) is 11.3 Å². The summed E-state index contributed by atoms with van der Waals surface area (Å²) in [5.74, 6) is 1.64. The molecule has 6 nitrogen and oxygen atoms in total. The van der Waals surface area contributed by atoms with Crippen LogP contribution in [0.5, 0.6) is 0 Å². The first-order valence-electron chi connectivity index (χ1n) is 10.3. The van der Waals surface area contributed by atoms with Gasteiger partial charge in [0.1, 0.15) is 5.69 Å². The van der Waals surface area contributed by atoms with Crippen molar-refractivity contribution < 1.29 is 14.4 Å². The van der Waals surface area contributed by atoms with Crippen LogP contribution in [0, 0.1) is 6.92 Å². The maximum absolute atomic E-state index is 12.0. The fraction of sp³-hybridized carbons (Fsp3) is 0.391. The van der Waals surface area contributed by atoms with Crippen molar-refractivity contribution >= 4 is 23.2 Å². The van der Waals surface area contributed by atoms with Gasteiger partial charge in [0, 0.05) is 36.7 Å². The average Bonchev–Trinajstić information content (AvgIpc) is 3.19. The third kappa shape index (κ3) is 4.30. The number of benzene rings is 1. The molecule has 0 unspecified atom stereocenters. The molecule has 2 heterocycles. The molecular formula is C23H26ClN3O3. The van der Waals surface area contributed by atoms with Crippen LogP contribution in [0.25, 0.3) is 16.9 Å². The molecule has 2 aliphatic rings. The number of carbonyl (C=O) groups is 1. The molecule has 0 atom stereocenters. The fourth-order valence-electron chi connectivity index (χ4n) is 3.96. The minimum absolute atomic E-state index is 0.138. The Bertz CT molecular complexity index is 984. The largest absolute Gasteiger partial charge is 0.440 e. The summed E-state index contributed by atoms with van der Waals surface area (Å²) in [6, 6.07) is 7.89. The zero-order valence-corrected chi connectivity index (χ0v) is 18.0. The number of hydrogen-bond donors (Lipinski definition) is 1. The molecule has 1 aromatic carbocycles. The van der Waals surface area contributed by atoms with Gasteiger partial charge in [0.05, 0.1) is 0 Å². The molecule has 1 fully saturated rings. The van der Waals surface area contributed by atoms with Crippen molar-refractivity contribution in [2.45, 2.75) is 38.5 Å². The predicted octanol–water partition coefficient (Wildman–Crippen LogP) is 5.57. The summed E-state index contributed by atoms with van der Waals surface area (Å²) in [6.07, 6.45) is 7.09. The standard InChI is InChI=1S/C23H26ClN3O3/c1-15-3-5-17(6-4-15)21-20(16-7-9-19(24)10-8-16)25-22(30-21)18-11-13-27(14-12-18)23(28)26(2)29/h3-7,9,18,29H,8,10-14H2,1-2H3. The number of aryl methyl sites for hydroxylation is 1. The van der Waals surface area contributed by atoms with E-state index in [9.17, 15) is 10.0 Å². The number of likely N-dealkylation sites (tertiary alicyclic amines) is 1. The first-order valence-corrected chi connectivity index (χ1v) is 10.6. The first kappa shape index (κ1) is 20.7. The number of nitrogens with zero attached hydrogens (tertiary/aromatic N) is 3. The van der Waals surface area contributed by atoms with Crippen LogP contribution < -0.4 is 0 Å². The normalized spacial score (nSPS) is 17.5. The van der Waals surface area contributed by atoms with Gasteiger partial charge in [-0.05, 0) is 44.3 Å². The van der Waals surface area contributed by atoms with Gasteiger partial charge in [-0.15, -0.1) is 0 Å². The maximum atomic E-state index is 12.0. The summed E-state index contributed by atoms with van der Waals surface area (Å²) < 4.78 is 6.33.